The zero-order valence-corrected chi connectivity index (χ0v) is 20.2. The molecule has 1 aromatic rings. The van der Waals surface area contributed by atoms with E-state index in [0.717, 1.165) is 11.8 Å². The summed E-state index contributed by atoms with van der Waals surface area (Å²) in [4.78, 5) is 57.7. The third-order valence-electron chi connectivity index (χ3n) is 4.23. The molecule has 0 aliphatic heterocycles. The molecule has 0 heterocycles. The fourth-order valence-electron chi connectivity index (χ4n) is 2.47. The van der Waals surface area contributed by atoms with Gasteiger partial charge in [0.1, 0.15) is 6.04 Å². The number of carbonyl (C=O) groups excluding carboxylic acids is 5. The van der Waals surface area contributed by atoms with Crippen molar-refractivity contribution >= 4 is 61.0 Å². The number of hydrogen-bond acceptors (Lipinski definition) is 10. The van der Waals surface area contributed by atoms with Crippen LogP contribution in [0, 0.1) is 0 Å². The molecule has 0 bridgehead atoms. The molecule has 7 N–H and O–H groups in total. The van der Waals surface area contributed by atoms with Gasteiger partial charge >= 0.3 is 131 Å². The predicted octanol–water partition coefficient (Wildman–Crippen LogP) is -6.30. The number of aliphatic carboxylic acids is 2. The van der Waals surface area contributed by atoms with Gasteiger partial charge in [0.05, 0.1) is 18.5 Å². The van der Waals surface area contributed by atoms with E-state index >= 15 is 0 Å². The number of rotatable bonds is 15. The molecule has 33 heavy (non-hydrogen) atoms. The quantitative estimate of drug-likeness (QED) is 0.131. The van der Waals surface area contributed by atoms with Crippen LogP contribution in [0.25, 0.3) is 0 Å². The normalized spacial score (nSPS) is 12.6. The molecule has 12 nitrogen and oxygen atoms in total. The molecular weight excluding hydrogens is 521 g/mol. The maximum atomic E-state index is 12.2. The summed E-state index contributed by atoms with van der Waals surface area (Å²) in [5, 5.41) is 25.7. The van der Waals surface area contributed by atoms with Gasteiger partial charge in [0.15, 0.2) is 0 Å². The number of carboxylic acid groups (broad SMARTS) is 2. The SMILES string of the molecule is [NH3+][C@@H](CCC(=O)N[C@@H](CSCC(=O)Cc1ccc([As](O)O)cc1)C(=O)NCC(=O)[O-])C(=O)[O-]. The van der Waals surface area contributed by atoms with Gasteiger partial charge in [-0.15, -0.1) is 0 Å². The van der Waals surface area contributed by atoms with Crippen molar-refractivity contribution < 1.29 is 48.1 Å². The van der Waals surface area contributed by atoms with Gasteiger partial charge in [0, 0.05) is 12.8 Å². The Morgan fingerprint density at radius 3 is 2.27 bits per heavy atom. The predicted molar refractivity (Wildman–Crippen MR) is 113 cm³/mol. The third-order valence-corrected chi connectivity index (χ3v) is 6.92. The second kappa shape index (κ2) is 14.7. The van der Waals surface area contributed by atoms with Gasteiger partial charge in [0.2, 0.25) is 0 Å². The summed E-state index contributed by atoms with van der Waals surface area (Å²) in [5.41, 5.74) is 4.00. The first kappa shape index (κ1) is 28.6. The van der Waals surface area contributed by atoms with Crippen LogP contribution in [0.5, 0.6) is 0 Å². The van der Waals surface area contributed by atoms with Crippen LogP contribution in [0.15, 0.2) is 24.3 Å². The molecule has 14 heteroatoms. The van der Waals surface area contributed by atoms with E-state index in [0.29, 0.717) is 9.91 Å². The second-order valence-corrected chi connectivity index (χ2v) is 10.3. The standard InChI is InChI=1S/C19H26AsN3O9S/c21-14(19(29)30)5-6-16(25)23-15(18(28)22-8-17(26)27)10-33-9-13(24)7-11-1-3-12(4-2-11)20(31)32/h1-4,14-15,31-32H,5-10,21H2,(H,22,28)(H,23,25)(H,26,27)(H,29,30)/p-1/t14-,15-/m0/s1. The van der Waals surface area contributed by atoms with E-state index in [4.69, 9.17) is 0 Å². The van der Waals surface area contributed by atoms with E-state index in [1.165, 1.54) is 0 Å². The molecular formula is C19H25AsN3O9S-. The minimum atomic E-state index is -2.97. The molecule has 2 atom stereocenters. The molecule has 0 aliphatic rings. The second-order valence-electron chi connectivity index (χ2n) is 6.95. The number of Topliss-reactive ketones (excluding diaryl/α,β-unsaturated/α-hetero) is 1. The Morgan fingerprint density at radius 1 is 1.09 bits per heavy atom. The van der Waals surface area contributed by atoms with E-state index in [-0.39, 0.29) is 36.6 Å². The number of hydrogen-bond donors (Lipinski definition) is 5. The molecule has 1 rings (SSSR count). The number of carbonyl (C=O) groups is 5. The number of nitrogens with one attached hydrogen (secondary N) is 2. The Hall–Kier alpha value is -2.44. The smallest absolute Gasteiger partial charge is 0.548 e. The van der Waals surface area contributed by atoms with Gasteiger partial charge < -0.3 is 25.5 Å². The Labute approximate surface area is 198 Å². The topological polar surface area (TPSA) is 224 Å². The summed E-state index contributed by atoms with van der Waals surface area (Å²) >= 11 is -1.92. The van der Waals surface area contributed by atoms with Crippen molar-refractivity contribution in [3.8, 4) is 0 Å². The van der Waals surface area contributed by atoms with E-state index in [2.05, 4.69) is 16.4 Å². The summed E-state index contributed by atoms with van der Waals surface area (Å²) < 4.78 is 18.9. The molecule has 0 saturated heterocycles. The molecule has 0 fully saturated rings. The molecule has 2 amide bonds. The van der Waals surface area contributed by atoms with Crippen LogP contribution in [0.4, 0.5) is 0 Å². The number of carboxylic acids is 2. The summed E-state index contributed by atoms with van der Waals surface area (Å²) in [6.07, 6.45) is -0.265. The van der Waals surface area contributed by atoms with Crippen LogP contribution in [-0.2, 0) is 30.4 Å². The van der Waals surface area contributed by atoms with E-state index in [1.807, 2.05) is 0 Å². The van der Waals surface area contributed by atoms with Gasteiger partial charge in [-0.1, -0.05) is 0 Å². The van der Waals surface area contributed by atoms with E-state index in [1.54, 1.807) is 24.3 Å². The monoisotopic (exact) mass is 546 g/mol. The van der Waals surface area contributed by atoms with Crippen molar-refractivity contribution in [1.82, 2.24) is 10.6 Å². The zero-order chi connectivity index (χ0) is 25.0. The van der Waals surface area contributed by atoms with Crippen LogP contribution in [0.1, 0.15) is 18.4 Å². The Morgan fingerprint density at radius 2 is 1.73 bits per heavy atom. The van der Waals surface area contributed by atoms with E-state index < -0.39 is 57.7 Å². The van der Waals surface area contributed by atoms with Gasteiger partial charge in [-0.25, -0.2) is 0 Å². The molecule has 0 radical (unpaired) electrons. The molecule has 0 aliphatic carbocycles. The van der Waals surface area contributed by atoms with Crippen LogP contribution in [0.3, 0.4) is 0 Å². The van der Waals surface area contributed by atoms with Gasteiger partial charge in [-0.3, -0.25) is 4.79 Å². The van der Waals surface area contributed by atoms with Crippen LogP contribution in [-0.4, -0.2) is 83.2 Å². The fourth-order valence-corrected chi connectivity index (χ4v) is 4.26. The molecule has 1 aromatic carbocycles. The first-order valence-corrected chi connectivity index (χ1v) is 13.4. The van der Waals surface area contributed by atoms with Crippen LogP contribution >= 0.6 is 11.8 Å². The summed E-state index contributed by atoms with van der Waals surface area (Å²) in [6.45, 7) is -0.762. The summed E-state index contributed by atoms with van der Waals surface area (Å²) in [5.74, 6) is -4.57. The van der Waals surface area contributed by atoms with Crippen molar-refractivity contribution in [3.63, 3.8) is 0 Å². The van der Waals surface area contributed by atoms with Gasteiger partial charge in [-0.2, -0.15) is 0 Å². The number of ketones is 1. The minimum Gasteiger partial charge on any atom is -0.548 e. The number of amides is 2. The number of quaternary nitrogens is 1. The average Bonchev–Trinajstić information content (AvgIpc) is 2.75. The van der Waals surface area contributed by atoms with E-state index in [9.17, 15) is 42.4 Å². The number of benzene rings is 1. The van der Waals surface area contributed by atoms with Crippen molar-refractivity contribution in [2.75, 3.05) is 18.1 Å². The molecule has 0 unspecified atom stereocenters. The Kier molecular flexibility index (Phi) is 12.7. The van der Waals surface area contributed by atoms with Crippen molar-refractivity contribution in [1.29, 1.82) is 0 Å². The first-order valence-electron chi connectivity index (χ1n) is 9.66. The molecule has 0 saturated carbocycles. The fraction of sp³-hybridized carbons (Fsp3) is 0.421. The number of thioether (sulfide) groups is 1. The van der Waals surface area contributed by atoms with Gasteiger partial charge in [0.25, 0.3) is 0 Å². The third kappa shape index (κ3) is 11.8. The zero-order valence-electron chi connectivity index (χ0n) is 17.5. The summed E-state index contributed by atoms with van der Waals surface area (Å²) in [6, 6.07) is 4.05. The van der Waals surface area contributed by atoms with Crippen molar-refractivity contribution in [3.05, 3.63) is 29.8 Å². The average molecular weight is 546 g/mol. The molecule has 182 valence electrons. The van der Waals surface area contributed by atoms with Crippen molar-refractivity contribution in [2.24, 2.45) is 0 Å². The maximum absolute atomic E-state index is 12.2. The Bertz CT molecular complexity index is 851. The first-order chi connectivity index (χ1) is 15.5. The van der Waals surface area contributed by atoms with Crippen LogP contribution in [0.2, 0.25) is 0 Å². The molecule has 0 spiro atoms. The minimum absolute atomic E-state index is 0.00530. The molecule has 0 aromatic heterocycles. The van der Waals surface area contributed by atoms with Crippen LogP contribution < -0.4 is 30.9 Å². The van der Waals surface area contributed by atoms with Gasteiger partial charge in [-0.05, 0) is 0 Å². The van der Waals surface area contributed by atoms with Crippen molar-refractivity contribution in [2.45, 2.75) is 31.3 Å². The summed E-state index contributed by atoms with van der Waals surface area (Å²) in [7, 11) is 0. The Balaban J connectivity index is 2.60.